The van der Waals surface area contributed by atoms with E-state index in [0.717, 1.165) is 25.7 Å². The summed E-state index contributed by atoms with van der Waals surface area (Å²) in [5, 5.41) is 2.95. The Bertz CT molecular complexity index is 449. The summed E-state index contributed by atoms with van der Waals surface area (Å²) in [6.07, 6.45) is 4.14. The van der Waals surface area contributed by atoms with E-state index < -0.39 is 0 Å². The maximum absolute atomic E-state index is 11.9. The second kappa shape index (κ2) is 8.91. The van der Waals surface area contributed by atoms with Crippen LogP contribution in [0.2, 0.25) is 0 Å². The van der Waals surface area contributed by atoms with E-state index in [9.17, 15) is 4.79 Å². The number of likely N-dealkylation sites (N-methyl/N-ethyl adjacent to an activating group) is 1. The molecule has 1 aliphatic heterocycles. The summed E-state index contributed by atoms with van der Waals surface area (Å²) in [6.45, 7) is 3.06. The van der Waals surface area contributed by atoms with Crippen molar-refractivity contribution in [1.82, 2.24) is 5.32 Å². The number of nitrogens with one attached hydrogen (secondary N) is 1. The standard InChI is InChI=1S/C18H27NO3/c1-14-11-16(10-6-9-15-7-4-3-5-8-15)12-21-13-17(19-2)18(20)22-14/h3-5,7-8,14,16-17,19H,6,9-13H2,1-2H3/t14?,16?,17-/m0/s1. The third-order valence-corrected chi connectivity index (χ3v) is 4.17. The zero-order valence-electron chi connectivity index (χ0n) is 13.6. The van der Waals surface area contributed by atoms with Crippen molar-refractivity contribution in [1.29, 1.82) is 0 Å². The van der Waals surface area contributed by atoms with E-state index >= 15 is 0 Å². The first-order chi connectivity index (χ1) is 10.7. The topological polar surface area (TPSA) is 47.6 Å². The quantitative estimate of drug-likeness (QED) is 0.849. The Hall–Kier alpha value is -1.39. The number of carbonyl (C=O) groups excluding carboxylic acids is 1. The van der Waals surface area contributed by atoms with E-state index in [1.165, 1.54) is 5.56 Å². The second-order valence-electron chi connectivity index (χ2n) is 6.11. The zero-order chi connectivity index (χ0) is 15.8. The number of esters is 1. The molecule has 2 rings (SSSR count). The summed E-state index contributed by atoms with van der Waals surface area (Å²) in [5.74, 6) is 0.238. The second-order valence-corrected chi connectivity index (χ2v) is 6.11. The van der Waals surface area contributed by atoms with Crippen molar-refractivity contribution < 1.29 is 14.3 Å². The van der Waals surface area contributed by atoms with Crippen molar-refractivity contribution in [3.05, 3.63) is 35.9 Å². The predicted molar refractivity (Wildman–Crippen MR) is 86.7 cm³/mol. The highest BCUT2D eigenvalue weighted by molar-refractivity contribution is 5.76. The maximum atomic E-state index is 11.9. The van der Waals surface area contributed by atoms with Gasteiger partial charge < -0.3 is 14.8 Å². The number of carbonyl (C=O) groups is 1. The Kier molecular flexibility index (Phi) is 6.87. The highest BCUT2D eigenvalue weighted by atomic mass is 16.5. The molecule has 1 heterocycles. The molecule has 0 saturated carbocycles. The number of hydrogen-bond acceptors (Lipinski definition) is 4. The highest BCUT2D eigenvalue weighted by Gasteiger charge is 2.25. The van der Waals surface area contributed by atoms with Crippen LogP contribution in [0, 0.1) is 5.92 Å². The molecule has 0 amide bonds. The molecule has 1 aliphatic rings. The molecule has 0 aromatic heterocycles. The van der Waals surface area contributed by atoms with Crippen molar-refractivity contribution in [2.45, 2.75) is 44.8 Å². The Morgan fingerprint density at radius 3 is 2.73 bits per heavy atom. The molecular formula is C18H27NO3. The lowest BCUT2D eigenvalue weighted by Gasteiger charge is -2.19. The minimum absolute atomic E-state index is 0.0493. The number of benzene rings is 1. The molecule has 4 nitrogen and oxygen atoms in total. The molecule has 0 aliphatic carbocycles. The van der Waals surface area contributed by atoms with E-state index in [1.807, 2.05) is 13.0 Å². The molecular weight excluding hydrogens is 278 g/mol. The molecule has 0 bridgehead atoms. The van der Waals surface area contributed by atoms with Gasteiger partial charge in [0.05, 0.1) is 12.7 Å². The largest absolute Gasteiger partial charge is 0.461 e. The maximum Gasteiger partial charge on any atom is 0.325 e. The highest BCUT2D eigenvalue weighted by Crippen LogP contribution is 2.20. The Labute approximate surface area is 133 Å². The first-order valence-corrected chi connectivity index (χ1v) is 8.18. The van der Waals surface area contributed by atoms with E-state index in [2.05, 4.69) is 29.6 Å². The minimum atomic E-state index is -0.356. The number of rotatable bonds is 5. The van der Waals surface area contributed by atoms with Crippen LogP contribution in [0.5, 0.6) is 0 Å². The van der Waals surface area contributed by atoms with E-state index in [4.69, 9.17) is 9.47 Å². The molecule has 22 heavy (non-hydrogen) atoms. The Morgan fingerprint density at radius 1 is 1.23 bits per heavy atom. The van der Waals surface area contributed by atoms with Gasteiger partial charge in [0.25, 0.3) is 0 Å². The van der Waals surface area contributed by atoms with Crippen LogP contribution < -0.4 is 5.32 Å². The van der Waals surface area contributed by atoms with Crippen LogP contribution in [0.15, 0.2) is 30.3 Å². The molecule has 1 aromatic rings. The molecule has 4 heteroatoms. The number of cyclic esters (lactones) is 1. The van der Waals surface area contributed by atoms with Crippen LogP contribution in [0.4, 0.5) is 0 Å². The van der Waals surface area contributed by atoms with Gasteiger partial charge in [-0.3, -0.25) is 4.79 Å². The van der Waals surface area contributed by atoms with Crippen LogP contribution in [0.25, 0.3) is 0 Å². The van der Waals surface area contributed by atoms with Crippen molar-refractivity contribution in [3.8, 4) is 0 Å². The summed E-state index contributed by atoms with van der Waals surface area (Å²) in [7, 11) is 1.76. The molecule has 2 unspecified atom stereocenters. The molecule has 1 saturated heterocycles. The lowest BCUT2D eigenvalue weighted by Crippen LogP contribution is -2.40. The van der Waals surface area contributed by atoms with Gasteiger partial charge in [0.15, 0.2) is 0 Å². The van der Waals surface area contributed by atoms with Gasteiger partial charge in [-0.2, -0.15) is 0 Å². The van der Waals surface area contributed by atoms with Crippen molar-refractivity contribution >= 4 is 5.97 Å². The molecule has 122 valence electrons. The van der Waals surface area contributed by atoms with Gasteiger partial charge in [0.2, 0.25) is 0 Å². The van der Waals surface area contributed by atoms with Crippen LogP contribution >= 0.6 is 0 Å². The fraction of sp³-hybridized carbons (Fsp3) is 0.611. The van der Waals surface area contributed by atoms with Gasteiger partial charge in [-0.15, -0.1) is 0 Å². The lowest BCUT2D eigenvalue weighted by atomic mass is 9.95. The molecule has 0 radical (unpaired) electrons. The number of hydrogen-bond donors (Lipinski definition) is 1. The monoisotopic (exact) mass is 305 g/mol. The summed E-state index contributed by atoms with van der Waals surface area (Å²) in [5.41, 5.74) is 1.38. The first-order valence-electron chi connectivity index (χ1n) is 8.18. The van der Waals surface area contributed by atoms with Gasteiger partial charge in [0, 0.05) is 6.61 Å². The van der Waals surface area contributed by atoms with Gasteiger partial charge in [-0.25, -0.2) is 0 Å². The van der Waals surface area contributed by atoms with Crippen molar-refractivity contribution in [3.63, 3.8) is 0 Å². The van der Waals surface area contributed by atoms with E-state index in [-0.39, 0.29) is 18.1 Å². The molecule has 1 aromatic carbocycles. The Balaban J connectivity index is 1.81. The molecule has 3 atom stereocenters. The fourth-order valence-electron chi connectivity index (χ4n) is 2.93. The van der Waals surface area contributed by atoms with Gasteiger partial charge in [-0.1, -0.05) is 30.3 Å². The fourth-order valence-corrected chi connectivity index (χ4v) is 2.93. The van der Waals surface area contributed by atoms with Crippen LogP contribution in [0.3, 0.4) is 0 Å². The average molecular weight is 305 g/mol. The minimum Gasteiger partial charge on any atom is -0.461 e. The summed E-state index contributed by atoms with van der Waals surface area (Å²) >= 11 is 0. The normalized spacial score (nSPS) is 26.6. The SMILES string of the molecule is CN[C@H]1COCC(CCCc2ccccc2)CC(C)OC1=O. The average Bonchev–Trinajstić information content (AvgIpc) is 2.57. The van der Waals surface area contributed by atoms with Gasteiger partial charge >= 0.3 is 5.97 Å². The van der Waals surface area contributed by atoms with Crippen molar-refractivity contribution in [2.75, 3.05) is 20.3 Å². The summed E-state index contributed by atoms with van der Waals surface area (Å²) < 4.78 is 11.2. The first kappa shape index (κ1) is 17.0. The van der Waals surface area contributed by atoms with Crippen LogP contribution in [-0.4, -0.2) is 38.4 Å². The number of aryl methyl sites for hydroxylation is 1. The number of ether oxygens (including phenoxy) is 2. The van der Waals surface area contributed by atoms with Crippen LogP contribution in [0.1, 0.15) is 31.7 Å². The molecule has 1 N–H and O–H groups in total. The van der Waals surface area contributed by atoms with Gasteiger partial charge in [-0.05, 0) is 51.1 Å². The third kappa shape index (κ3) is 5.43. The zero-order valence-corrected chi connectivity index (χ0v) is 13.6. The van der Waals surface area contributed by atoms with E-state index in [0.29, 0.717) is 19.1 Å². The summed E-state index contributed by atoms with van der Waals surface area (Å²) in [6, 6.07) is 10.2. The smallest absolute Gasteiger partial charge is 0.325 e. The summed E-state index contributed by atoms with van der Waals surface area (Å²) in [4.78, 5) is 11.9. The third-order valence-electron chi connectivity index (χ3n) is 4.17. The lowest BCUT2D eigenvalue weighted by molar-refractivity contribution is -0.151. The van der Waals surface area contributed by atoms with Gasteiger partial charge in [0.1, 0.15) is 6.04 Å². The van der Waals surface area contributed by atoms with Crippen LogP contribution in [-0.2, 0) is 20.7 Å². The predicted octanol–water partition coefficient (Wildman–Crippen LogP) is 2.57. The van der Waals surface area contributed by atoms with E-state index in [1.54, 1.807) is 7.05 Å². The molecule has 1 fully saturated rings. The Morgan fingerprint density at radius 2 is 2.00 bits per heavy atom. The molecule has 0 spiro atoms. The van der Waals surface area contributed by atoms with Crippen molar-refractivity contribution in [2.24, 2.45) is 5.92 Å².